The minimum atomic E-state index is -0.975. The molecule has 0 unspecified atom stereocenters. The zero-order valence-corrected chi connectivity index (χ0v) is 13.0. The van der Waals surface area contributed by atoms with Gasteiger partial charge in [-0.25, -0.2) is 0 Å². The first-order chi connectivity index (χ1) is 11.2. The van der Waals surface area contributed by atoms with Crippen molar-refractivity contribution < 1.29 is 9.90 Å². The summed E-state index contributed by atoms with van der Waals surface area (Å²) in [6.07, 6.45) is 5.28. The molecule has 118 valence electrons. The number of hydrogen-bond acceptors (Lipinski definition) is 2. The Morgan fingerprint density at radius 3 is 2.30 bits per heavy atom. The van der Waals surface area contributed by atoms with Crippen molar-refractivity contribution in [1.29, 1.82) is 0 Å². The van der Waals surface area contributed by atoms with E-state index in [1.807, 2.05) is 60.7 Å². The topological polar surface area (TPSA) is 49.3 Å². The number of nitrogens with one attached hydrogen (secondary N) is 1. The van der Waals surface area contributed by atoms with Gasteiger partial charge in [0, 0.05) is 6.08 Å². The van der Waals surface area contributed by atoms with Crippen molar-refractivity contribution in [3.63, 3.8) is 0 Å². The van der Waals surface area contributed by atoms with Gasteiger partial charge >= 0.3 is 0 Å². The Balaban J connectivity index is 1.63. The summed E-state index contributed by atoms with van der Waals surface area (Å²) < 4.78 is 0. The van der Waals surface area contributed by atoms with E-state index in [2.05, 4.69) is 5.32 Å². The molecule has 0 bridgehead atoms. The second kappa shape index (κ2) is 6.80. The van der Waals surface area contributed by atoms with Crippen molar-refractivity contribution in [3.05, 3.63) is 77.9 Å². The van der Waals surface area contributed by atoms with Crippen LogP contribution in [0.5, 0.6) is 0 Å². The molecule has 2 N–H and O–H groups in total. The fourth-order valence-corrected chi connectivity index (χ4v) is 2.79. The lowest BCUT2D eigenvalue weighted by Crippen LogP contribution is -2.42. The summed E-state index contributed by atoms with van der Waals surface area (Å²) >= 11 is 0. The summed E-state index contributed by atoms with van der Waals surface area (Å²) in [5.41, 5.74) is 0.871. The fraction of sp³-hybridized carbons (Fsp3) is 0.250. The second-order valence-electron chi connectivity index (χ2n) is 6.03. The van der Waals surface area contributed by atoms with Crippen LogP contribution in [-0.4, -0.2) is 17.6 Å². The summed E-state index contributed by atoms with van der Waals surface area (Å²) in [7, 11) is 0. The first-order valence-electron chi connectivity index (χ1n) is 7.97. The fourth-order valence-electron chi connectivity index (χ4n) is 2.79. The van der Waals surface area contributed by atoms with Gasteiger partial charge in [-0.1, -0.05) is 60.7 Å². The second-order valence-corrected chi connectivity index (χ2v) is 6.03. The van der Waals surface area contributed by atoms with Crippen molar-refractivity contribution >= 4 is 12.0 Å². The van der Waals surface area contributed by atoms with E-state index in [1.165, 1.54) is 6.08 Å². The van der Waals surface area contributed by atoms with Crippen LogP contribution in [-0.2, 0) is 10.4 Å². The predicted molar refractivity (Wildman–Crippen MR) is 91.5 cm³/mol. The normalized spacial score (nSPS) is 16.9. The van der Waals surface area contributed by atoms with Gasteiger partial charge in [-0.15, -0.1) is 0 Å². The minimum absolute atomic E-state index is 0.191. The Morgan fingerprint density at radius 1 is 1.09 bits per heavy atom. The molecule has 1 aliphatic carbocycles. The summed E-state index contributed by atoms with van der Waals surface area (Å²) in [6, 6.07) is 19.3. The zero-order chi connectivity index (χ0) is 16.1. The van der Waals surface area contributed by atoms with Crippen LogP contribution in [0.2, 0.25) is 0 Å². The van der Waals surface area contributed by atoms with Crippen molar-refractivity contribution in [1.82, 2.24) is 5.32 Å². The monoisotopic (exact) mass is 307 g/mol. The van der Waals surface area contributed by atoms with E-state index in [4.69, 9.17) is 0 Å². The highest BCUT2D eigenvalue weighted by Crippen LogP contribution is 2.45. The summed E-state index contributed by atoms with van der Waals surface area (Å²) in [5, 5.41) is 13.9. The highest BCUT2D eigenvalue weighted by molar-refractivity contribution is 5.91. The Hall–Kier alpha value is -2.39. The Morgan fingerprint density at radius 2 is 1.70 bits per heavy atom. The van der Waals surface area contributed by atoms with E-state index in [9.17, 15) is 9.90 Å². The molecule has 1 amide bonds. The van der Waals surface area contributed by atoms with Crippen LogP contribution in [0.4, 0.5) is 0 Å². The number of hydrogen-bond donors (Lipinski definition) is 2. The number of carbonyl (C=O) groups is 1. The third-order valence-corrected chi connectivity index (χ3v) is 4.29. The molecular formula is C20H21NO2. The summed E-state index contributed by atoms with van der Waals surface area (Å²) in [5.74, 6) is 0.0344. The number of benzene rings is 2. The van der Waals surface area contributed by atoms with E-state index < -0.39 is 5.60 Å². The van der Waals surface area contributed by atoms with Crippen LogP contribution < -0.4 is 5.32 Å². The van der Waals surface area contributed by atoms with Gasteiger partial charge in [0.2, 0.25) is 5.91 Å². The maximum absolute atomic E-state index is 12.0. The molecule has 1 atom stereocenters. The lowest BCUT2D eigenvalue weighted by molar-refractivity contribution is -0.118. The Bertz CT molecular complexity index is 677. The van der Waals surface area contributed by atoms with Gasteiger partial charge in [-0.3, -0.25) is 4.79 Å². The third kappa shape index (κ3) is 3.88. The molecule has 3 rings (SSSR count). The highest BCUT2D eigenvalue weighted by atomic mass is 16.3. The third-order valence-electron chi connectivity index (χ3n) is 4.29. The molecule has 0 aromatic heterocycles. The molecule has 1 fully saturated rings. The predicted octanol–water partition coefficient (Wildman–Crippen LogP) is 3.11. The van der Waals surface area contributed by atoms with E-state index in [-0.39, 0.29) is 18.4 Å². The van der Waals surface area contributed by atoms with Gasteiger partial charge in [-0.05, 0) is 36.0 Å². The van der Waals surface area contributed by atoms with Crippen molar-refractivity contribution in [3.8, 4) is 0 Å². The molecule has 1 saturated carbocycles. The average molecular weight is 307 g/mol. The van der Waals surface area contributed by atoms with Gasteiger partial charge in [0.1, 0.15) is 5.60 Å². The maximum Gasteiger partial charge on any atom is 0.244 e. The average Bonchev–Trinajstić information content (AvgIpc) is 3.45. The van der Waals surface area contributed by atoms with E-state index >= 15 is 0 Å². The standard InChI is InChI=1S/C20H21NO2/c22-19(14-11-16-7-3-1-4-8-16)21-15-20(23,18-12-13-18)17-9-5-2-6-10-17/h1-11,14,18,23H,12-13,15H2,(H,21,22)/b14-11+/t20-/m0/s1. The van der Waals surface area contributed by atoms with Crippen LogP contribution in [0.1, 0.15) is 24.0 Å². The first kappa shape index (κ1) is 15.5. The van der Waals surface area contributed by atoms with Crippen LogP contribution in [0.25, 0.3) is 6.08 Å². The van der Waals surface area contributed by atoms with Crippen molar-refractivity contribution in [2.24, 2.45) is 5.92 Å². The molecular weight excluding hydrogens is 286 g/mol. The lowest BCUT2D eigenvalue weighted by atomic mass is 9.88. The summed E-state index contributed by atoms with van der Waals surface area (Å²) in [4.78, 5) is 12.0. The Kier molecular flexibility index (Phi) is 4.58. The maximum atomic E-state index is 12.0. The zero-order valence-electron chi connectivity index (χ0n) is 13.0. The molecule has 0 aliphatic heterocycles. The molecule has 3 nitrogen and oxygen atoms in total. The van der Waals surface area contributed by atoms with E-state index in [0.717, 1.165) is 24.0 Å². The number of aliphatic hydroxyl groups is 1. The number of rotatable bonds is 6. The van der Waals surface area contributed by atoms with Crippen LogP contribution in [0.3, 0.4) is 0 Å². The van der Waals surface area contributed by atoms with Gasteiger partial charge in [0.05, 0.1) is 6.54 Å². The molecule has 0 heterocycles. The first-order valence-corrected chi connectivity index (χ1v) is 7.97. The molecule has 0 saturated heterocycles. The molecule has 0 radical (unpaired) electrons. The van der Waals surface area contributed by atoms with Gasteiger partial charge < -0.3 is 10.4 Å². The van der Waals surface area contributed by atoms with Gasteiger partial charge in [-0.2, -0.15) is 0 Å². The van der Waals surface area contributed by atoms with Gasteiger partial charge in [0.25, 0.3) is 0 Å². The van der Waals surface area contributed by atoms with E-state index in [1.54, 1.807) is 6.08 Å². The highest BCUT2D eigenvalue weighted by Gasteiger charge is 2.45. The quantitative estimate of drug-likeness (QED) is 0.806. The van der Waals surface area contributed by atoms with Crippen LogP contribution in [0.15, 0.2) is 66.7 Å². The molecule has 2 aromatic carbocycles. The van der Waals surface area contributed by atoms with Crippen molar-refractivity contribution in [2.45, 2.75) is 18.4 Å². The Labute approximate surface area is 136 Å². The SMILES string of the molecule is O=C(/C=C/c1ccccc1)NC[C@](O)(c1ccccc1)C1CC1. The number of amides is 1. The van der Waals surface area contributed by atoms with Crippen LogP contribution >= 0.6 is 0 Å². The largest absolute Gasteiger partial charge is 0.383 e. The summed E-state index contributed by atoms with van der Waals surface area (Å²) in [6.45, 7) is 0.236. The minimum Gasteiger partial charge on any atom is -0.383 e. The smallest absolute Gasteiger partial charge is 0.244 e. The number of carbonyl (C=O) groups excluding carboxylic acids is 1. The lowest BCUT2D eigenvalue weighted by Gasteiger charge is -2.29. The molecule has 0 spiro atoms. The van der Waals surface area contributed by atoms with Gasteiger partial charge in [0.15, 0.2) is 0 Å². The van der Waals surface area contributed by atoms with Crippen LogP contribution in [0, 0.1) is 5.92 Å². The van der Waals surface area contributed by atoms with Crippen molar-refractivity contribution in [2.75, 3.05) is 6.54 Å². The van der Waals surface area contributed by atoms with E-state index in [0.29, 0.717) is 0 Å². The molecule has 3 heteroatoms. The molecule has 1 aliphatic rings. The molecule has 23 heavy (non-hydrogen) atoms. The molecule has 2 aromatic rings.